The predicted molar refractivity (Wildman–Crippen MR) is 79.1 cm³/mol. The van der Waals surface area contributed by atoms with E-state index >= 15 is 0 Å². The molecule has 1 aromatic rings. The third-order valence-electron chi connectivity index (χ3n) is 3.03. The van der Waals surface area contributed by atoms with Crippen LogP contribution in [0.4, 0.5) is 11.4 Å². The summed E-state index contributed by atoms with van der Waals surface area (Å²) in [4.78, 5) is 23.6. The van der Waals surface area contributed by atoms with Gasteiger partial charge in [-0.3, -0.25) is 9.59 Å². The summed E-state index contributed by atoms with van der Waals surface area (Å²) >= 11 is 0. The molecule has 0 aliphatic carbocycles. The number of rotatable bonds is 5. The number of amides is 2. The second kappa shape index (κ2) is 6.79. The van der Waals surface area contributed by atoms with E-state index in [4.69, 9.17) is 0 Å². The molecule has 2 rings (SSSR count). The Kier molecular flexibility index (Phi) is 4.81. The molecule has 1 aliphatic heterocycles. The molecular weight excluding hydrogens is 256 g/mol. The molecule has 0 fully saturated rings. The number of carbonyl (C=O) groups excluding carboxylic acids is 2. The van der Waals surface area contributed by atoms with E-state index in [0.29, 0.717) is 12.1 Å². The Morgan fingerprint density at radius 3 is 2.80 bits per heavy atom. The van der Waals surface area contributed by atoms with Crippen molar-refractivity contribution in [3.8, 4) is 0 Å². The highest BCUT2D eigenvalue weighted by Gasteiger charge is 2.17. The first-order valence-electron chi connectivity index (χ1n) is 6.88. The van der Waals surface area contributed by atoms with Crippen molar-refractivity contribution in [2.45, 2.75) is 13.3 Å². The van der Waals surface area contributed by atoms with Gasteiger partial charge in [0.25, 0.3) is 5.91 Å². The fourth-order valence-corrected chi connectivity index (χ4v) is 2.05. The Balaban J connectivity index is 1.97. The molecule has 0 radical (unpaired) electrons. The van der Waals surface area contributed by atoms with Crippen molar-refractivity contribution in [2.24, 2.45) is 0 Å². The quantitative estimate of drug-likeness (QED) is 0.640. The number of nitrogens with one attached hydrogen (secondary N) is 4. The molecule has 4 N–H and O–H groups in total. The Labute approximate surface area is 118 Å². The van der Waals surface area contributed by atoms with Gasteiger partial charge in [0.2, 0.25) is 5.91 Å². The van der Waals surface area contributed by atoms with Crippen LogP contribution in [-0.2, 0) is 4.79 Å². The van der Waals surface area contributed by atoms with Crippen molar-refractivity contribution < 1.29 is 9.59 Å². The Morgan fingerprint density at radius 2 is 2.00 bits per heavy atom. The minimum Gasteiger partial charge on any atom is -0.382 e. The van der Waals surface area contributed by atoms with E-state index in [-0.39, 0.29) is 18.4 Å². The van der Waals surface area contributed by atoms with Crippen LogP contribution in [-0.4, -0.2) is 38.0 Å². The van der Waals surface area contributed by atoms with E-state index in [1.165, 1.54) is 0 Å². The van der Waals surface area contributed by atoms with Crippen LogP contribution in [0.5, 0.6) is 0 Å². The lowest BCUT2D eigenvalue weighted by molar-refractivity contribution is -0.120. The summed E-state index contributed by atoms with van der Waals surface area (Å²) in [5.41, 5.74) is 2.27. The van der Waals surface area contributed by atoms with Crippen LogP contribution >= 0.6 is 0 Å². The van der Waals surface area contributed by atoms with Crippen LogP contribution in [0.15, 0.2) is 18.2 Å². The van der Waals surface area contributed by atoms with E-state index in [9.17, 15) is 9.59 Å². The maximum Gasteiger partial charge on any atom is 0.253 e. The normalized spacial score (nSPS) is 12.7. The molecule has 20 heavy (non-hydrogen) atoms. The molecule has 0 spiro atoms. The Bertz CT molecular complexity index is 502. The zero-order chi connectivity index (χ0) is 14.4. The van der Waals surface area contributed by atoms with Gasteiger partial charge in [-0.05, 0) is 18.6 Å². The van der Waals surface area contributed by atoms with Crippen LogP contribution in [0.25, 0.3) is 0 Å². The highest BCUT2D eigenvalue weighted by Crippen LogP contribution is 2.27. The van der Waals surface area contributed by atoms with Gasteiger partial charge < -0.3 is 21.3 Å². The van der Waals surface area contributed by atoms with E-state index in [1.54, 1.807) is 6.07 Å². The fourth-order valence-electron chi connectivity index (χ4n) is 2.05. The zero-order valence-corrected chi connectivity index (χ0v) is 11.6. The van der Waals surface area contributed by atoms with E-state index < -0.39 is 0 Å². The summed E-state index contributed by atoms with van der Waals surface area (Å²) < 4.78 is 0. The van der Waals surface area contributed by atoms with Gasteiger partial charge in [-0.1, -0.05) is 13.0 Å². The minimum atomic E-state index is -0.246. The van der Waals surface area contributed by atoms with E-state index in [2.05, 4.69) is 21.3 Å². The average Bonchev–Trinajstić information content (AvgIpc) is 2.50. The van der Waals surface area contributed by atoms with Crippen molar-refractivity contribution in [2.75, 3.05) is 36.8 Å². The summed E-state index contributed by atoms with van der Waals surface area (Å²) in [5.74, 6) is -0.416. The molecular formula is C14H20N4O2. The Hall–Kier alpha value is -2.24. The molecule has 2 amide bonds. The molecule has 108 valence electrons. The minimum absolute atomic E-state index is 0.00404. The SMILES string of the molecule is CCCNC(=O)CNC(=O)c1cccc2c1NCCN2. The van der Waals surface area contributed by atoms with Crippen LogP contribution in [0, 0.1) is 0 Å². The first-order chi connectivity index (χ1) is 9.72. The van der Waals surface area contributed by atoms with Gasteiger partial charge in [0.15, 0.2) is 0 Å². The third-order valence-corrected chi connectivity index (χ3v) is 3.03. The number of carbonyl (C=O) groups is 2. The van der Waals surface area contributed by atoms with Crippen LogP contribution in [0.3, 0.4) is 0 Å². The molecule has 0 bridgehead atoms. The van der Waals surface area contributed by atoms with Gasteiger partial charge in [-0.2, -0.15) is 0 Å². The summed E-state index contributed by atoms with van der Waals surface area (Å²) in [6, 6.07) is 5.50. The van der Waals surface area contributed by atoms with Crippen LogP contribution in [0.1, 0.15) is 23.7 Å². The van der Waals surface area contributed by atoms with Gasteiger partial charge >= 0.3 is 0 Å². The first-order valence-corrected chi connectivity index (χ1v) is 6.88. The molecule has 0 atom stereocenters. The van der Waals surface area contributed by atoms with Gasteiger partial charge in [-0.25, -0.2) is 0 Å². The summed E-state index contributed by atoms with van der Waals surface area (Å²) in [6.07, 6.45) is 0.876. The molecule has 1 heterocycles. The predicted octanol–water partition coefficient (Wildman–Crippen LogP) is 0.780. The third kappa shape index (κ3) is 3.40. The molecule has 0 aromatic heterocycles. The summed E-state index contributed by atoms with van der Waals surface area (Å²) in [5, 5.41) is 11.8. The van der Waals surface area contributed by atoms with Crippen molar-refractivity contribution >= 4 is 23.2 Å². The highest BCUT2D eigenvalue weighted by molar-refractivity contribution is 6.03. The van der Waals surface area contributed by atoms with Crippen LogP contribution < -0.4 is 21.3 Å². The largest absolute Gasteiger partial charge is 0.382 e. The molecule has 6 nitrogen and oxygen atoms in total. The lowest BCUT2D eigenvalue weighted by Crippen LogP contribution is -2.37. The second-order valence-corrected chi connectivity index (χ2v) is 4.61. The number of hydrogen-bond donors (Lipinski definition) is 4. The van der Waals surface area contributed by atoms with E-state index in [0.717, 1.165) is 30.9 Å². The van der Waals surface area contributed by atoms with Crippen molar-refractivity contribution in [3.05, 3.63) is 23.8 Å². The number of fused-ring (bicyclic) bond motifs is 1. The molecule has 6 heteroatoms. The lowest BCUT2D eigenvalue weighted by Gasteiger charge is -2.22. The summed E-state index contributed by atoms with van der Waals surface area (Å²) in [7, 11) is 0. The molecule has 0 saturated heterocycles. The zero-order valence-electron chi connectivity index (χ0n) is 11.6. The molecule has 0 unspecified atom stereocenters. The van der Waals surface area contributed by atoms with Crippen molar-refractivity contribution in [3.63, 3.8) is 0 Å². The van der Waals surface area contributed by atoms with Gasteiger partial charge in [-0.15, -0.1) is 0 Å². The number of benzene rings is 1. The number of anilines is 2. The maximum absolute atomic E-state index is 12.1. The highest BCUT2D eigenvalue weighted by atomic mass is 16.2. The fraction of sp³-hybridized carbons (Fsp3) is 0.429. The summed E-state index contributed by atoms with van der Waals surface area (Å²) in [6.45, 7) is 4.20. The van der Waals surface area contributed by atoms with Gasteiger partial charge in [0.1, 0.15) is 0 Å². The number of para-hydroxylation sites is 1. The standard InChI is InChI=1S/C14H20N4O2/c1-2-6-16-12(19)9-18-14(20)10-4-3-5-11-13(10)17-8-7-15-11/h3-5,15,17H,2,6-9H2,1H3,(H,16,19)(H,18,20). The topological polar surface area (TPSA) is 82.3 Å². The average molecular weight is 276 g/mol. The van der Waals surface area contributed by atoms with Gasteiger partial charge in [0.05, 0.1) is 23.5 Å². The van der Waals surface area contributed by atoms with E-state index in [1.807, 2.05) is 19.1 Å². The number of hydrogen-bond acceptors (Lipinski definition) is 4. The van der Waals surface area contributed by atoms with Crippen molar-refractivity contribution in [1.82, 2.24) is 10.6 Å². The lowest BCUT2D eigenvalue weighted by atomic mass is 10.1. The Morgan fingerprint density at radius 1 is 1.20 bits per heavy atom. The second-order valence-electron chi connectivity index (χ2n) is 4.61. The van der Waals surface area contributed by atoms with Gasteiger partial charge in [0, 0.05) is 19.6 Å². The monoisotopic (exact) mass is 276 g/mol. The van der Waals surface area contributed by atoms with Crippen LogP contribution in [0.2, 0.25) is 0 Å². The smallest absolute Gasteiger partial charge is 0.253 e. The maximum atomic E-state index is 12.1. The first kappa shape index (κ1) is 14.2. The molecule has 1 aromatic carbocycles. The molecule has 0 saturated carbocycles. The molecule has 1 aliphatic rings. The van der Waals surface area contributed by atoms with Crippen molar-refractivity contribution in [1.29, 1.82) is 0 Å².